The number of methoxy groups -OCH3 is 1. The van der Waals surface area contributed by atoms with Crippen LogP contribution in [0.3, 0.4) is 0 Å². The number of benzene rings is 1. The number of imidazole rings is 1. The predicted octanol–water partition coefficient (Wildman–Crippen LogP) is 3.91. The lowest BCUT2D eigenvalue weighted by molar-refractivity contribution is 0.0800. The van der Waals surface area contributed by atoms with Crippen molar-refractivity contribution in [3.8, 4) is 34.3 Å². The van der Waals surface area contributed by atoms with Crippen LogP contribution < -0.4 is 14.8 Å². The minimum Gasteiger partial charge on any atom is -0.495 e. The number of nitrogens with one attached hydrogen (secondary N) is 2. The van der Waals surface area contributed by atoms with Crippen LogP contribution in [-0.2, 0) is 0 Å². The summed E-state index contributed by atoms with van der Waals surface area (Å²) in [5, 5.41) is 12.9. The molecule has 37 heavy (non-hydrogen) atoms. The highest BCUT2D eigenvalue weighted by Gasteiger charge is 2.16. The number of rotatable bonds is 10. The molecule has 0 atom stereocenters. The minimum atomic E-state index is -0.138. The lowest BCUT2D eigenvalue weighted by Crippen LogP contribution is -2.36. The number of aromatic nitrogens is 5. The van der Waals surface area contributed by atoms with E-state index in [9.17, 15) is 5.11 Å². The third-order valence-corrected chi connectivity index (χ3v) is 6.26. The van der Waals surface area contributed by atoms with Crippen molar-refractivity contribution in [1.29, 1.82) is 0 Å². The third-order valence-electron chi connectivity index (χ3n) is 6.26. The van der Waals surface area contributed by atoms with Gasteiger partial charge in [-0.1, -0.05) is 6.07 Å². The Labute approximate surface area is 215 Å². The Hall–Kier alpha value is -4.02. The molecule has 0 amide bonds. The molecular weight excluding hydrogens is 470 g/mol. The van der Waals surface area contributed by atoms with Gasteiger partial charge >= 0.3 is 0 Å². The first-order chi connectivity index (χ1) is 18.2. The molecule has 192 valence electrons. The van der Waals surface area contributed by atoms with E-state index in [-0.39, 0.29) is 6.10 Å². The van der Waals surface area contributed by atoms with E-state index < -0.39 is 0 Å². The molecule has 1 aliphatic rings. The van der Waals surface area contributed by atoms with E-state index in [1.54, 1.807) is 31.9 Å². The van der Waals surface area contributed by atoms with E-state index in [0.29, 0.717) is 29.8 Å². The monoisotopic (exact) mass is 501 g/mol. The van der Waals surface area contributed by atoms with Crippen molar-refractivity contribution < 1.29 is 14.6 Å². The summed E-state index contributed by atoms with van der Waals surface area (Å²) in [5.74, 6) is 2.61. The molecule has 0 bridgehead atoms. The van der Waals surface area contributed by atoms with Crippen molar-refractivity contribution in [2.45, 2.75) is 25.4 Å². The number of aromatic amines is 1. The molecule has 0 saturated carbocycles. The van der Waals surface area contributed by atoms with Crippen molar-refractivity contribution in [2.24, 2.45) is 0 Å². The fourth-order valence-electron chi connectivity index (χ4n) is 4.24. The van der Waals surface area contributed by atoms with E-state index in [0.717, 1.165) is 61.6 Å². The first kappa shape index (κ1) is 24.7. The van der Waals surface area contributed by atoms with Crippen LogP contribution >= 0.6 is 0 Å². The molecule has 10 nitrogen and oxygen atoms in total. The first-order valence-electron chi connectivity index (χ1n) is 12.4. The molecule has 10 heteroatoms. The van der Waals surface area contributed by atoms with Gasteiger partial charge in [-0.25, -0.2) is 15.0 Å². The quantitative estimate of drug-likeness (QED) is 0.278. The summed E-state index contributed by atoms with van der Waals surface area (Å²) < 4.78 is 11.2. The number of piperidine rings is 1. The van der Waals surface area contributed by atoms with Crippen LogP contribution in [-0.4, -0.2) is 74.4 Å². The molecule has 4 heterocycles. The standard InChI is InChI=1S/C27H31N7O3/c1-36-23-14-19(16-28-17-23)26-30-18-25(32-26)24-6-9-29-27(33-24)31-20-4-2-5-22(15-20)37-13-3-10-34-11-7-21(35)8-12-34/h2,4-6,9,14-18,21,35H,3,7-8,10-13H2,1H3,(H,30,32)(H,29,31,33). The highest BCUT2D eigenvalue weighted by atomic mass is 16.5. The number of hydrogen-bond acceptors (Lipinski definition) is 9. The van der Waals surface area contributed by atoms with Crippen LogP contribution in [0.1, 0.15) is 19.3 Å². The Morgan fingerprint density at radius 2 is 1.97 bits per heavy atom. The molecule has 1 fully saturated rings. The molecule has 1 aromatic carbocycles. The van der Waals surface area contributed by atoms with Gasteiger partial charge in [0.25, 0.3) is 0 Å². The number of nitrogens with zero attached hydrogens (tertiary/aromatic N) is 5. The summed E-state index contributed by atoms with van der Waals surface area (Å²) >= 11 is 0. The van der Waals surface area contributed by atoms with Crippen LogP contribution in [0, 0.1) is 0 Å². The second kappa shape index (κ2) is 11.8. The first-order valence-corrected chi connectivity index (χ1v) is 12.4. The lowest BCUT2D eigenvalue weighted by Gasteiger charge is -2.29. The van der Waals surface area contributed by atoms with E-state index in [4.69, 9.17) is 9.47 Å². The average molecular weight is 502 g/mol. The molecule has 0 aliphatic carbocycles. The van der Waals surface area contributed by atoms with E-state index >= 15 is 0 Å². The van der Waals surface area contributed by atoms with E-state index in [1.807, 2.05) is 36.4 Å². The molecule has 0 spiro atoms. The lowest BCUT2D eigenvalue weighted by atomic mass is 10.1. The topological polar surface area (TPSA) is 121 Å². The summed E-state index contributed by atoms with van der Waals surface area (Å²) in [7, 11) is 1.61. The van der Waals surface area contributed by atoms with Gasteiger partial charge in [0.15, 0.2) is 0 Å². The molecule has 1 saturated heterocycles. The molecule has 3 aromatic heterocycles. The largest absolute Gasteiger partial charge is 0.495 e. The number of pyridine rings is 1. The van der Waals surface area contributed by atoms with Gasteiger partial charge < -0.3 is 29.8 Å². The van der Waals surface area contributed by atoms with Gasteiger partial charge in [0.1, 0.15) is 17.3 Å². The Morgan fingerprint density at radius 1 is 1.08 bits per heavy atom. The number of hydrogen-bond donors (Lipinski definition) is 3. The smallest absolute Gasteiger partial charge is 0.227 e. The molecule has 0 unspecified atom stereocenters. The van der Waals surface area contributed by atoms with Crippen LogP contribution in [0.5, 0.6) is 11.5 Å². The summed E-state index contributed by atoms with van der Waals surface area (Å²) in [4.78, 5) is 23.3. The van der Waals surface area contributed by atoms with Gasteiger partial charge in [-0.3, -0.25) is 4.98 Å². The zero-order valence-electron chi connectivity index (χ0n) is 20.8. The van der Waals surface area contributed by atoms with Gasteiger partial charge in [0.05, 0.1) is 43.6 Å². The maximum atomic E-state index is 9.64. The number of aliphatic hydroxyl groups is 1. The molecule has 3 N–H and O–H groups in total. The fraction of sp³-hybridized carbons (Fsp3) is 0.333. The number of aliphatic hydroxyl groups excluding tert-OH is 1. The SMILES string of the molecule is COc1cncc(-c2ncc(-c3ccnc(Nc4cccc(OCCCN5CCC(O)CC5)c4)n3)[nH]2)c1. The highest BCUT2D eigenvalue weighted by molar-refractivity contribution is 5.64. The Morgan fingerprint density at radius 3 is 2.84 bits per heavy atom. The second-order valence-corrected chi connectivity index (χ2v) is 8.95. The maximum absolute atomic E-state index is 9.64. The predicted molar refractivity (Wildman–Crippen MR) is 141 cm³/mol. The average Bonchev–Trinajstić information content (AvgIpc) is 3.43. The number of ether oxygens (including phenoxy) is 2. The minimum absolute atomic E-state index is 0.138. The maximum Gasteiger partial charge on any atom is 0.227 e. The van der Waals surface area contributed by atoms with Crippen molar-refractivity contribution in [3.63, 3.8) is 0 Å². The van der Waals surface area contributed by atoms with Crippen molar-refractivity contribution in [1.82, 2.24) is 29.8 Å². The molecule has 0 radical (unpaired) electrons. The number of anilines is 2. The molecule has 5 rings (SSSR count). The fourth-order valence-corrected chi connectivity index (χ4v) is 4.24. The summed E-state index contributed by atoms with van der Waals surface area (Å²) in [6.45, 7) is 3.53. The van der Waals surface area contributed by atoms with Crippen molar-refractivity contribution in [2.75, 3.05) is 38.7 Å². The summed E-state index contributed by atoms with van der Waals surface area (Å²) in [5.41, 5.74) is 3.14. The van der Waals surface area contributed by atoms with Gasteiger partial charge in [-0.05, 0) is 43.5 Å². The van der Waals surface area contributed by atoms with Gasteiger partial charge in [0.2, 0.25) is 5.95 Å². The van der Waals surface area contributed by atoms with Gasteiger partial charge in [0, 0.05) is 49.3 Å². The normalized spacial score (nSPS) is 14.4. The zero-order valence-corrected chi connectivity index (χ0v) is 20.8. The van der Waals surface area contributed by atoms with Crippen molar-refractivity contribution >= 4 is 11.6 Å². The molecule has 4 aromatic rings. The number of likely N-dealkylation sites (tertiary alicyclic amines) is 1. The molecule has 1 aliphatic heterocycles. The van der Waals surface area contributed by atoms with Crippen molar-refractivity contribution in [3.05, 3.63) is 61.2 Å². The van der Waals surface area contributed by atoms with E-state index in [1.165, 1.54) is 0 Å². The van der Waals surface area contributed by atoms with Gasteiger partial charge in [-0.15, -0.1) is 0 Å². The number of H-pyrrole nitrogens is 1. The van der Waals surface area contributed by atoms with Crippen LogP contribution in [0.25, 0.3) is 22.8 Å². The Balaban J connectivity index is 1.18. The molecular formula is C27H31N7O3. The third kappa shape index (κ3) is 6.60. The van der Waals surface area contributed by atoms with Crippen LogP contribution in [0.15, 0.2) is 61.2 Å². The van der Waals surface area contributed by atoms with Gasteiger partial charge in [-0.2, -0.15) is 0 Å². The van der Waals surface area contributed by atoms with Crippen LogP contribution in [0.2, 0.25) is 0 Å². The van der Waals surface area contributed by atoms with E-state index in [2.05, 4.69) is 35.1 Å². The highest BCUT2D eigenvalue weighted by Crippen LogP contribution is 2.25. The van der Waals surface area contributed by atoms with Crippen LogP contribution in [0.4, 0.5) is 11.6 Å². The summed E-state index contributed by atoms with van der Waals surface area (Å²) in [6.07, 6.45) is 9.35. The zero-order chi connectivity index (χ0) is 25.5. The Bertz CT molecular complexity index is 1300. The Kier molecular flexibility index (Phi) is 7.87. The summed E-state index contributed by atoms with van der Waals surface area (Å²) in [6, 6.07) is 11.5. The second-order valence-electron chi connectivity index (χ2n) is 8.95.